The molecule has 0 unspecified atom stereocenters. The third-order valence-electron chi connectivity index (χ3n) is 3.89. The fraction of sp³-hybridized carbons (Fsp3) is 0.211. The van der Waals surface area contributed by atoms with E-state index in [1.165, 1.54) is 17.0 Å². The largest absolute Gasteiger partial charge is 0.356 e. The average molecular weight is 342 g/mol. The molecular formula is C19H19FN2OS. The standard InChI is InChI=1S/C19H19FN2OS/c20-16-7-5-15(6-8-16)9-10-21-19(23)14-17(18-4-3-13-24-18)22-11-1-2-12-22/h1-8,11-13,17H,9-10,14H2,(H,21,23)/t17-/m0/s1. The molecule has 0 saturated carbocycles. The second-order valence-electron chi connectivity index (χ2n) is 5.59. The van der Waals surface area contributed by atoms with Gasteiger partial charge < -0.3 is 9.88 Å². The maximum absolute atomic E-state index is 12.9. The molecule has 3 aromatic rings. The van der Waals surface area contributed by atoms with Gasteiger partial charge in [-0.3, -0.25) is 4.79 Å². The minimum Gasteiger partial charge on any atom is -0.356 e. The Morgan fingerprint density at radius 1 is 1.12 bits per heavy atom. The molecule has 0 aliphatic heterocycles. The number of rotatable bonds is 7. The second kappa shape index (κ2) is 7.93. The van der Waals surface area contributed by atoms with Crippen molar-refractivity contribution in [2.45, 2.75) is 18.9 Å². The van der Waals surface area contributed by atoms with Gasteiger partial charge in [-0.1, -0.05) is 18.2 Å². The SMILES string of the molecule is O=C(C[C@@H](c1cccs1)n1cccc1)NCCc1ccc(F)cc1. The molecule has 0 bridgehead atoms. The van der Waals surface area contributed by atoms with E-state index < -0.39 is 0 Å². The van der Waals surface area contributed by atoms with Crippen LogP contribution in [0, 0.1) is 5.82 Å². The highest BCUT2D eigenvalue weighted by Crippen LogP contribution is 2.26. The van der Waals surface area contributed by atoms with Crippen LogP contribution < -0.4 is 5.32 Å². The van der Waals surface area contributed by atoms with E-state index in [0.29, 0.717) is 19.4 Å². The molecule has 3 nitrogen and oxygen atoms in total. The lowest BCUT2D eigenvalue weighted by molar-refractivity contribution is -0.121. The number of halogens is 1. The molecule has 3 rings (SSSR count). The number of thiophene rings is 1. The monoisotopic (exact) mass is 342 g/mol. The van der Waals surface area contributed by atoms with Crippen molar-refractivity contribution in [3.63, 3.8) is 0 Å². The Labute approximate surface area is 144 Å². The molecular weight excluding hydrogens is 323 g/mol. The fourth-order valence-electron chi connectivity index (χ4n) is 2.63. The van der Waals surface area contributed by atoms with E-state index >= 15 is 0 Å². The first-order chi connectivity index (χ1) is 11.7. The second-order valence-corrected chi connectivity index (χ2v) is 6.57. The highest BCUT2D eigenvalue weighted by Gasteiger charge is 2.17. The number of carbonyl (C=O) groups excluding carboxylic acids is 1. The van der Waals surface area contributed by atoms with Gasteiger partial charge in [0.15, 0.2) is 0 Å². The number of nitrogens with zero attached hydrogens (tertiary/aromatic N) is 1. The molecule has 0 spiro atoms. The zero-order valence-electron chi connectivity index (χ0n) is 13.2. The lowest BCUT2D eigenvalue weighted by atomic mass is 10.1. The van der Waals surface area contributed by atoms with Gasteiger partial charge in [-0.2, -0.15) is 0 Å². The summed E-state index contributed by atoms with van der Waals surface area (Å²) in [6.45, 7) is 0.549. The Kier molecular flexibility index (Phi) is 5.43. The third kappa shape index (κ3) is 4.32. The van der Waals surface area contributed by atoms with Crippen molar-refractivity contribution in [3.8, 4) is 0 Å². The summed E-state index contributed by atoms with van der Waals surface area (Å²) in [5.41, 5.74) is 1.01. The van der Waals surface area contributed by atoms with Crippen molar-refractivity contribution in [1.82, 2.24) is 9.88 Å². The average Bonchev–Trinajstić information content (AvgIpc) is 3.28. The predicted octanol–water partition coefficient (Wildman–Crippen LogP) is 4.03. The molecule has 0 aliphatic carbocycles. The summed E-state index contributed by atoms with van der Waals surface area (Å²) in [7, 11) is 0. The molecule has 1 aromatic carbocycles. The fourth-order valence-corrected chi connectivity index (χ4v) is 3.47. The third-order valence-corrected chi connectivity index (χ3v) is 4.86. The maximum atomic E-state index is 12.9. The van der Waals surface area contributed by atoms with Crippen LogP contribution in [0.2, 0.25) is 0 Å². The van der Waals surface area contributed by atoms with Crippen LogP contribution in [0.3, 0.4) is 0 Å². The summed E-state index contributed by atoms with van der Waals surface area (Å²) in [6.07, 6.45) is 5.06. The predicted molar refractivity (Wildman–Crippen MR) is 94.6 cm³/mol. The Morgan fingerprint density at radius 3 is 2.54 bits per heavy atom. The maximum Gasteiger partial charge on any atom is 0.222 e. The van der Waals surface area contributed by atoms with Gasteiger partial charge in [0.25, 0.3) is 0 Å². The van der Waals surface area contributed by atoms with Crippen LogP contribution in [0.15, 0.2) is 66.3 Å². The normalized spacial score (nSPS) is 12.0. The van der Waals surface area contributed by atoms with E-state index in [-0.39, 0.29) is 17.8 Å². The zero-order chi connectivity index (χ0) is 16.8. The summed E-state index contributed by atoms with van der Waals surface area (Å²) in [5.74, 6) is -0.225. The minimum atomic E-state index is -0.242. The van der Waals surface area contributed by atoms with Crippen LogP contribution >= 0.6 is 11.3 Å². The molecule has 0 saturated heterocycles. The van der Waals surface area contributed by atoms with Crippen molar-refractivity contribution in [2.75, 3.05) is 6.54 Å². The number of hydrogen-bond donors (Lipinski definition) is 1. The molecule has 24 heavy (non-hydrogen) atoms. The summed E-state index contributed by atoms with van der Waals surface area (Å²) in [4.78, 5) is 13.5. The van der Waals surface area contributed by atoms with E-state index in [1.807, 2.05) is 36.0 Å². The molecule has 1 atom stereocenters. The van der Waals surface area contributed by atoms with E-state index in [2.05, 4.69) is 16.0 Å². The molecule has 1 amide bonds. The number of amides is 1. The highest BCUT2D eigenvalue weighted by molar-refractivity contribution is 7.10. The van der Waals surface area contributed by atoms with Crippen LogP contribution in [-0.2, 0) is 11.2 Å². The smallest absolute Gasteiger partial charge is 0.222 e. The first-order valence-electron chi connectivity index (χ1n) is 7.89. The van der Waals surface area contributed by atoms with Gasteiger partial charge in [0.05, 0.1) is 12.5 Å². The van der Waals surface area contributed by atoms with Crippen molar-refractivity contribution >= 4 is 17.2 Å². The first kappa shape index (κ1) is 16.5. The van der Waals surface area contributed by atoms with Gasteiger partial charge in [0, 0.05) is 23.8 Å². The molecule has 1 N–H and O–H groups in total. The Morgan fingerprint density at radius 2 is 1.88 bits per heavy atom. The lowest BCUT2D eigenvalue weighted by Gasteiger charge is -2.17. The quantitative estimate of drug-likeness (QED) is 0.691. The molecule has 0 fully saturated rings. The van der Waals surface area contributed by atoms with E-state index in [0.717, 1.165) is 5.56 Å². The van der Waals surface area contributed by atoms with Gasteiger partial charge in [-0.25, -0.2) is 4.39 Å². The number of carbonyl (C=O) groups is 1. The number of aromatic nitrogens is 1. The summed E-state index contributed by atoms with van der Waals surface area (Å²) >= 11 is 1.66. The molecule has 0 aliphatic rings. The van der Waals surface area contributed by atoms with Crippen molar-refractivity contribution in [2.24, 2.45) is 0 Å². The molecule has 2 aromatic heterocycles. The van der Waals surface area contributed by atoms with Crippen LogP contribution in [0.4, 0.5) is 4.39 Å². The summed E-state index contributed by atoms with van der Waals surface area (Å²) < 4.78 is 14.9. The van der Waals surface area contributed by atoms with E-state index in [1.54, 1.807) is 23.5 Å². The minimum absolute atomic E-state index is 0.0178. The summed E-state index contributed by atoms with van der Waals surface area (Å²) in [6, 6.07) is 14.4. The molecule has 5 heteroatoms. The number of nitrogens with one attached hydrogen (secondary N) is 1. The Bertz CT molecular complexity index is 717. The highest BCUT2D eigenvalue weighted by atomic mass is 32.1. The Hall–Kier alpha value is -2.40. The lowest BCUT2D eigenvalue weighted by Crippen LogP contribution is -2.28. The summed E-state index contributed by atoms with van der Waals surface area (Å²) in [5, 5.41) is 4.98. The van der Waals surface area contributed by atoms with Crippen LogP contribution in [-0.4, -0.2) is 17.0 Å². The molecule has 0 radical (unpaired) electrons. The topological polar surface area (TPSA) is 34.0 Å². The van der Waals surface area contributed by atoms with Crippen LogP contribution in [0.25, 0.3) is 0 Å². The van der Waals surface area contributed by atoms with Gasteiger partial charge in [-0.05, 0) is 47.7 Å². The van der Waals surface area contributed by atoms with Gasteiger partial charge in [0.2, 0.25) is 5.91 Å². The van der Waals surface area contributed by atoms with Crippen molar-refractivity contribution in [3.05, 3.63) is 82.6 Å². The van der Waals surface area contributed by atoms with Crippen molar-refractivity contribution in [1.29, 1.82) is 0 Å². The number of hydrogen-bond acceptors (Lipinski definition) is 2. The molecule has 124 valence electrons. The van der Waals surface area contributed by atoms with E-state index in [9.17, 15) is 9.18 Å². The van der Waals surface area contributed by atoms with Gasteiger partial charge >= 0.3 is 0 Å². The zero-order valence-corrected chi connectivity index (χ0v) is 14.0. The van der Waals surface area contributed by atoms with Crippen LogP contribution in [0.5, 0.6) is 0 Å². The van der Waals surface area contributed by atoms with Crippen molar-refractivity contribution < 1.29 is 9.18 Å². The first-order valence-corrected chi connectivity index (χ1v) is 8.77. The van der Waals surface area contributed by atoms with Crippen LogP contribution in [0.1, 0.15) is 22.9 Å². The Balaban J connectivity index is 1.55. The van der Waals surface area contributed by atoms with Gasteiger partial charge in [0.1, 0.15) is 5.82 Å². The number of benzene rings is 1. The molecule has 2 heterocycles. The van der Waals surface area contributed by atoms with E-state index in [4.69, 9.17) is 0 Å². The van der Waals surface area contributed by atoms with Gasteiger partial charge in [-0.15, -0.1) is 11.3 Å².